The number of anilines is 1. The van der Waals surface area contributed by atoms with Crippen molar-refractivity contribution in [2.24, 2.45) is 0 Å². The monoisotopic (exact) mass is 193 g/mol. The molecule has 0 aliphatic carbocycles. The zero-order chi connectivity index (χ0) is 9.26. The van der Waals surface area contributed by atoms with Crippen LogP contribution in [0.5, 0.6) is 0 Å². The van der Waals surface area contributed by atoms with Gasteiger partial charge in [0, 0.05) is 0 Å². The van der Waals surface area contributed by atoms with Gasteiger partial charge in [-0.3, -0.25) is 4.79 Å². The Labute approximate surface area is 78.4 Å². The van der Waals surface area contributed by atoms with Gasteiger partial charge < -0.3 is 10.7 Å². The van der Waals surface area contributed by atoms with Gasteiger partial charge in [-0.15, -0.1) is 11.3 Å². The third-order valence-corrected chi connectivity index (χ3v) is 2.50. The Morgan fingerprint density at radius 1 is 1.62 bits per heavy atom. The van der Waals surface area contributed by atoms with Gasteiger partial charge in [-0.1, -0.05) is 6.07 Å². The number of hydrogen-bond donors (Lipinski definition) is 2. The lowest BCUT2D eigenvalue weighted by atomic mass is 10.2. The minimum atomic E-state index is -0.131. The molecule has 0 bridgehead atoms. The summed E-state index contributed by atoms with van der Waals surface area (Å²) >= 11 is 1.38. The van der Waals surface area contributed by atoms with E-state index in [0.29, 0.717) is 16.4 Å². The highest BCUT2D eigenvalue weighted by molar-refractivity contribution is 7.12. The summed E-state index contributed by atoms with van der Waals surface area (Å²) in [6.07, 6.45) is 1.41. The summed E-state index contributed by atoms with van der Waals surface area (Å²) in [5.41, 5.74) is 5.81. The second kappa shape index (κ2) is 3.02. The molecule has 0 aliphatic rings. The van der Waals surface area contributed by atoms with Crippen LogP contribution in [0.25, 0.3) is 0 Å². The first kappa shape index (κ1) is 8.00. The smallest absolute Gasteiger partial charge is 0.225 e. The van der Waals surface area contributed by atoms with E-state index in [0.717, 1.165) is 0 Å². The molecule has 2 aromatic rings. The standard InChI is InChI=1S/C8H7N3OS/c9-8-6(10-4-11-8)7(12)5-2-1-3-13-5/h1-4H,9H2,(H,10,11). The van der Waals surface area contributed by atoms with E-state index in [1.54, 1.807) is 6.07 Å². The fourth-order valence-corrected chi connectivity index (χ4v) is 1.67. The molecule has 13 heavy (non-hydrogen) atoms. The molecular weight excluding hydrogens is 186 g/mol. The quantitative estimate of drug-likeness (QED) is 0.706. The molecule has 66 valence electrons. The summed E-state index contributed by atoms with van der Waals surface area (Å²) in [5, 5.41) is 1.84. The topological polar surface area (TPSA) is 71.8 Å². The average molecular weight is 193 g/mol. The van der Waals surface area contributed by atoms with Gasteiger partial charge in [0.1, 0.15) is 5.82 Å². The summed E-state index contributed by atoms with van der Waals surface area (Å²) in [4.78, 5) is 18.8. The maximum absolute atomic E-state index is 11.6. The predicted molar refractivity (Wildman–Crippen MR) is 50.8 cm³/mol. The van der Waals surface area contributed by atoms with E-state index in [-0.39, 0.29) is 5.78 Å². The van der Waals surface area contributed by atoms with Crippen LogP contribution in [0.3, 0.4) is 0 Å². The Morgan fingerprint density at radius 2 is 2.46 bits per heavy atom. The number of carbonyl (C=O) groups excluding carboxylic acids is 1. The largest absolute Gasteiger partial charge is 0.383 e. The first-order valence-electron chi connectivity index (χ1n) is 3.66. The summed E-state index contributed by atoms with van der Waals surface area (Å²) in [5.74, 6) is 0.187. The van der Waals surface area contributed by atoms with Crippen LogP contribution in [-0.4, -0.2) is 15.8 Å². The van der Waals surface area contributed by atoms with Crippen LogP contribution in [-0.2, 0) is 0 Å². The van der Waals surface area contributed by atoms with E-state index >= 15 is 0 Å². The third kappa shape index (κ3) is 1.33. The van der Waals surface area contributed by atoms with Gasteiger partial charge in [-0.05, 0) is 11.4 Å². The number of aromatic amines is 1. The van der Waals surface area contributed by atoms with Crippen molar-refractivity contribution < 1.29 is 4.79 Å². The fraction of sp³-hybridized carbons (Fsp3) is 0. The van der Waals surface area contributed by atoms with Gasteiger partial charge in [0.15, 0.2) is 5.69 Å². The first-order valence-corrected chi connectivity index (χ1v) is 4.54. The van der Waals surface area contributed by atoms with Crippen LogP contribution in [0.2, 0.25) is 0 Å². The van der Waals surface area contributed by atoms with Crippen molar-refractivity contribution in [3.63, 3.8) is 0 Å². The summed E-state index contributed by atoms with van der Waals surface area (Å²) in [6.45, 7) is 0. The molecule has 0 aliphatic heterocycles. The van der Waals surface area contributed by atoms with Crippen LogP contribution in [0.15, 0.2) is 23.8 Å². The maximum Gasteiger partial charge on any atom is 0.225 e. The molecule has 2 aromatic heterocycles. The highest BCUT2D eigenvalue weighted by Gasteiger charge is 2.15. The predicted octanol–water partition coefficient (Wildman–Crippen LogP) is 1.28. The molecule has 0 aromatic carbocycles. The first-order chi connectivity index (χ1) is 6.29. The van der Waals surface area contributed by atoms with E-state index in [1.807, 2.05) is 11.4 Å². The number of nitrogen functional groups attached to an aromatic ring is 1. The average Bonchev–Trinajstić information content (AvgIpc) is 2.72. The molecule has 0 saturated heterocycles. The van der Waals surface area contributed by atoms with E-state index in [1.165, 1.54) is 17.7 Å². The Balaban J connectivity index is 2.39. The molecule has 0 amide bonds. The number of nitrogens with one attached hydrogen (secondary N) is 1. The number of nitrogens with zero attached hydrogens (tertiary/aromatic N) is 1. The van der Waals surface area contributed by atoms with E-state index < -0.39 is 0 Å². The zero-order valence-electron chi connectivity index (χ0n) is 6.65. The lowest BCUT2D eigenvalue weighted by Gasteiger charge is -1.93. The minimum Gasteiger partial charge on any atom is -0.383 e. The lowest BCUT2D eigenvalue weighted by Crippen LogP contribution is -2.02. The number of imidazole rings is 1. The summed E-state index contributed by atoms with van der Waals surface area (Å²) < 4.78 is 0. The minimum absolute atomic E-state index is 0.131. The summed E-state index contributed by atoms with van der Waals surface area (Å²) in [7, 11) is 0. The van der Waals surface area contributed by atoms with Crippen molar-refractivity contribution in [3.8, 4) is 0 Å². The Bertz CT molecular complexity index is 418. The number of thiophene rings is 1. The van der Waals surface area contributed by atoms with Gasteiger partial charge in [0.25, 0.3) is 0 Å². The molecule has 0 unspecified atom stereocenters. The number of hydrogen-bond acceptors (Lipinski definition) is 4. The molecule has 0 spiro atoms. The zero-order valence-corrected chi connectivity index (χ0v) is 7.47. The van der Waals surface area contributed by atoms with Crippen LogP contribution in [0.1, 0.15) is 15.4 Å². The molecule has 0 saturated carbocycles. The van der Waals surface area contributed by atoms with E-state index in [4.69, 9.17) is 5.73 Å². The van der Waals surface area contributed by atoms with Crippen molar-refractivity contribution in [3.05, 3.63) is 34.4 Å². The Kier molecular flexibility index (Phi) is 1.86. The molecule has 2 heterocycles. The molecule has 3 N–H and O–H groups in total. The van der Waals surface area contributed by atoms with E-state index in [2.05, 4.69) is 9.97 Å². The second-order valence-electron chi connectivity index (χ2n) is 2.47. The Morgan fingerprint density at radius 3 is 3.00 bits per heavy atom. The number of rotatable bonds is 2. The fourth-order valence-electron chi connectivity index (χ4n) is 1.01. The van der Waals surface area contributed by atoms with Crippen molar-refractivity contribution in [2.45, 2.75) is 0 Å². The van der Waals surface area contributed by atoms with E-state index in [9.17, 15) is 4.79 Å². The van der Waals surface area contributed by atoms with Gasteiger partial charge in [-0.2, -0.15) is 0 Å². The maximum atomic E-state index is 11.6. The molecule has 0 radical (unpaired) electrons. The van der Waals surface area contributed by atoms with Crippen LogP contribution < -0.4 is 5.73 Å². The lowest BCUT2D eigenvalue weighted by molar-refractivity contribution is 0.103. The molecular formula is C8H7N3OS. The van der Waals surface area contributed by atoms with Crippen LogP contribution in [0, 0.1) is 0 Å². The number of nitrogens with two attached hydrogens (primary N) is 1. The van der Waals surface area contributed by atoms with Crippen molar-refractivity contribution in [1.82, 2.24) is 9.97 Å². The third-order valence-electron chi connectivity index (χ3n) is 1.63. The van der Waals surface area contributed by atoms with Crippen molar-refractivity contribution in [2.75, 3.05) is 5.73 Å². The highest BCUT2D eigenvalue weighted by Crippen LogP contribution is 2.16. The van der Waals surface area contributed by atoms with Crippen molar-refractivity contribution in [1.29, 1.82) is 0 Å². The van der Waals surface area contributed by atoms with Gasteiger partial charge >= 0.3 is 0 Å². The van der Waals surface area contributed by atoms with Crippen LogP contribution in [0.4, 0.5) is 5.82 Å². The molecule has 0 fully saturated rings. The van der Waals surface area contributed by atoms with Gasteiger partial charge in [0.2, 0.25) is 5.78 Å². The van der Waals surface area contributed by atoms with Crippen LogP contribution >= 0.6 is 11.3 Å². The number of ketones is 1. The van der Waals surface area contributed by atoms with Crippen molar-refractivity contribution >= 4 is 22.9 Å². The SMILES string of the molecule is Nc1[nH]cnc1C(=O)c1cccs1. The number of carbonyl (C=O) groups is 1. The summed E-state index contributed by atoms with van der Waals surface area (Å²) in [6, 6.07) is 3.57. The number of H-pyrrole nitrogens is 1. The second-order valence-corrected chi connectivity index (χ2v) is 3.42. The normalized spacial score (nSPS) is 10.2. The highest BCUT2D eigenvalue weighted by atomic mass is 32.1. The molecule has 5 heteroatoms. The van der Waals surface area contributed by atoms with Gasteiger partial charge in [0.05, 0.1) is 11.2 Å². The number of aromatic nitrogens is 2. The Hall–Kier alpha value is -1.62. The van der Waals surface area contributed by atoms with Gasteiger partial charge in [-0.25, -0.2) is 4.98 Å². The molecule has 4 nitrogen and oxygen atoms in total. The molecule has 2 rings (SSSR count). The molecule has 0 atom stereocenters.